The Balaban J connectivity index is 1.85. The second-order valence-electron chi connectivity index (χ2n) is 6.30. The third-order valence-electron chi connectivity index (χ3n) is 4.23. The number of anilines is 1. The molecule has 0 atom stereocenters. The first-order valence-electron chi connectivity index (χ1n) is 7.55. The predicted molar refractivity (Wildman–Crippen MR) is 94.1 cm³/mol. The van der Waals surface area contributed by atoms with Gasteiger partial charge in [-0.1, -0.05) is 23.2 Å². The van der Waals surface area contributed by atoms with Crippen molar-refractivity contribution in [2.75, 3.05) is 18.0 Å². The zero-order valence-electron chi connectivity index (χ0n) is 13.2. The summed E-state index contributed by atoms with van der Waals surface area (Å²) < 4.78 is 0. The van der Waals surface area contributed by atoms with E-state index in [4.69, 9.17) is 33.9 Å². The minimum Gasteiger partial charge on any atom is -0.355 e. The second-order valence-corrected chi connectivity index (χ2v) is 7.07. The number of aromatic nitrogens is 3. The molecular weight excluding hydrogens is 333 g/mol. The molecule has 2 aromatic heterocycles. The van der Waals surface area contributed by atoms with Gasteiger partial charge in [-0.3, -0.25) is 4.98 Å². The van der Waals surface area contributed by atoms with E-state index in [1.54, 1.807) is 18.5 Å². The van der Waals surface area contributed by atoms with E-state index in [-0.39, 0.29) is 10.7 Å². The van der Waals surface area contributed by atoms with E-state index < -0.39 is 0 Å². The molecule has 7 heteroatoms. The zero-order chi connectivity index (χ0) is 16.6. The second kappa shape index (κ2) is 6.23. The maximum absolute atomic E-state index is 6.18. The summed E-state index contributed by atoms with van der Waals surface area (Å²) in [6.07, 6.45) is 5.36. The molecule has 0 aliphatic carbocycles. The fourth-order valence-corrected chi connectivity index (χ4v) is 2.97. The van der Waals surface area contributed by atoms with E-state index >= 15 is 0 Å². The van der Waals surface area contributed by atoms with Gasteiger partial charge in [-0.05, 0) is 32.8 Å². The number of aryl methyl sites for hydroxylation is 1. The molecule has 0 spiro atoms. The highest BCUT2D eigenvalue weighted by Gasteiger charge is 2.26. The lowest BCUT2D eigenvalue weighted by Gasteiger charge is -2.37. The van der Waals surface area contributed by atoms with Crippen LogP contribution in [0.3, 0.4) is 0 Å². The van der Waals surface area contributed by atoms with Crippen LogP contribution in [0, 0.1) is 6.92 Å². The number of hydrogen-bond donors (Lipinski definition) is 1. The number of piperidine rings is 1. The van der Waals surface area contributed by atoms with Gasteiger partial charge in [-0.2, -0.15) is 0 Å². The van der Waals surface area contributed by atoms with Crippen molar-refractivity contribution in [1.29, 1.82) is 0 Å². The van der Waals surface area contributed by atoms with E-state index in [0.29, 0.717) is 5.02 Å². The number of nitrogens with zero attached hydrogens (tertiary/aromatic N) is 4. The summed E-state index contributed by atoms with van der Waals surface area (Å²) in [6, 6.07) is 1.76. The van der Waals surface area contributed by atoms with Crippen molar-refractivity contribution >= 4 is 29.0 Å². The number of halogens is 2. The van der Waals surface area contributed by atoms with Crippen molar-refractivity contribution in [1.82, 2.24) is 15.0 Å². The summed E-state index contributed by atoms with van der Waals surface area (Å²) >= 11 is 11.9. The standard InChI is InChI=1S/C16H19Cl2N5/c1-10-14(11-7-12(17)15(18)21-8-11)20-9-13(22-10)23-5-3-16(2,19)4-6-23/h7-9H,3-6,19H2,1-2H3. The van der Waals surface area contributed by atoms with Gasteiger partial charge in [0.2, 0.25) is 0 Å². The molecule has 0 unspecified atom stereocenters. The summed E-state index contributed by atoms with van der Waals surface area (Å²) in [4.78, 5) is 15.5. The molecule has 0 amide bonds. The molecule has 2 N–H and O–H groups in total. The molecule has 3 rings (SSSR count). The van der Waals surface area contributed by atoms with E-state index in [1.165, 1.54) is 0 Å². The quantitative estimate of drug-likeness (QED) is 0.839. The molecule has 0 aromatic carbocycles. The topological polar surface area (TPSA) is 67.9 Å². The molecule has 3 heterocycles. The van der Waals surface area contributed by atoms with Crippen molar-refractivity contribution < 1.29 is 0 Å². The van der Waals surface area contributed by atoms with Crippen LogP contribution in [0.2, 0.25) is 10.2 Å². The summed E-state index contributed by atoms with van der Waals surface area (Å²) in [5.41, 5.74) is 8.51. The Morgan fingerprint density at radius 1 is 1.17 bits per heavy atom. The van der Waals surface area contributed by atoms with Gasteiger partial charge in [-0.15, -0.1) is 0 Å². The maximum Gasteiger partial charge on any atom is 0.147 e. The van der Waals surface area contributed by atoms with Gasteiger partial charge in [0.05, 0.1) is 22.6 Å². The van der Waals surface area contributed by atoms with Crippen molar-refractivity contribution in [2.45, 2.75) is 32.2 Å². The van der Waals surface area contributed by atoms with Crippen molar-refractivity contribution in [3.63, 3.8) is 0 Å². The first kappa shape index (κ1) is 16.4. The van der Waals surface area contributed by atoms with Crippen LogP contribution in [0.5, 0.6) is 0 Å². The molecular formula is C16H19Cl2N5. The van der Waals surface area contributed by atoms with Crippen LogP contribution in [0.1, 0.15) is 25.5 Å². The largest absolute Gasteiger partial charge is 0.355 e. The Hall–Kier alpha value is -1.43. The normalized spacial score (nSPS) is 17.3. The van der Waals surface area contributed by atoms with E-state index in [1.807, 2.05) is 6.92 Å². The number of nitrogens with two attached hydrogens (primary N) is 1. The minimum absolute atomic E-state index is 0.0787. The van der Waals surface area contributed by atoms with Gasteiger partial charge < -0.3 is 10.6 Å². The van der Waals surface area contributed by atoms with Crippen LogP contribution >= 0.6 is 23.2 Å². The lowest BCUT2D eigenvalue weighted by molar-refractivity contribution is 0.363. The van der Waals surface area contributed by atoms with Crippen LogP contribution in [0.15, 0.2) is 18.5 Å². The molecule has 1 aliphatic heterocycles. The van der Waals surface area contributed by atoms with Crippen molar-refractivity contribution in [3.8, 4) is 11.3 Å². The van der Waals surface area contributed by atoms with Crippen LogP contribution in [0.4, 0.5) is 5.82 Å². The average molecular weight is 352 g/mol. The van der Waals surface area contributed by atoms with Crippen molar-refractivity contribution in [2.24, 2.45) is 5.73 Å². The molecule has 122 valence electrons. The highest BCUT2D eigenvalue weighted by molar-refractivity contribution is 6.41. The number of hydrogen-bond acceptors (Lipinski definition) is 5. The fraction of sp³-hybridized carbons (Fsp3) is 0.438. The van der Waals surface area contributed by atoms with Gasteiger partial charge in [0, 0.05) is 30.4 Å². The van der Waals surface area contributed by atoms with Crippen molar-refractivity contribution in [3.05, 3.63) is 34.3 Å². The Bertz CT molecular complexity index is 722. The van der Waals surface area contributed by atoms with E-state index in [9.17, 15) is 0 Å². The third-order valence-corrected chi connectivity index (χ3v) is 4.92. The van der Waals surface area contributed by atoms with Gasteiger partial charge in [0.25, 0.3) is 0 Å². The van der Waals surface area contributed by atoms with Gasteiger partial charge in [-0.25, -0.2) is 9.97 Å². The number of pyridine rings is 1. The van der Waals surface area contributed by atoms with Crippen LogP contribution in [-0.2, 0) is 0 Å². The maximum atomic E-state index is 6.18. The molecule has 2 aromatic rings. The predicted octanol–water partition coefficient (Wildman–Crippen LogP) is 3.47. The monoisotopic (exact) mass is 351 g/mol. The highest BCUT2D eigenvalue weighted by atomic mass is 35.5. The summed E-state index contributed by atoms with van der Waals surface area (Å²) in [5.74, 6) is 0.884. The first-order valence-corrected chi connectivity index (χ1v) is 8.30. The van der Waals surface area contributed by atoms with E-state index in [2.05, 4.69) is 21.8 Å². The minimum atomic E-state index is -0.0787. The Kier molecular flexibility index (Phi) is 4.45. The lowest BCUT2D eigenvalue weighted by atomic mass is 9.91. The molecule has 1 fully saturated rings. The third kappa shape index (κ3) is 3.57. The Labute approximate surface area is 145 Å². The molecule has 5 nitrogen and oxygen atoms in total. The summed E-state index contributed by atoms with van der Waals surface area (Å²) in [6.45, 7) is 5.83. The van der Waals surface area contributed by atoms with Gasteiger partial charge >= 0.3 is 0 Å². The average Bonchev–Trinajstić information content (AvgIpc) is 2.50. The molecule has 1 saturated heterocycles. The van der Waals surface area contributed by atoms with Crippen LogP contribution in [0.25, 0.3) is 11.3 Å². The highest BCUT2D eigenvalue weighted by Crippen LogP contribution is 2.28. The van der Waals surface area contributed by atoms with Crippen LogP contribution < -0.4 is 10.6 Å². The van der Waals surface area contributed by atoms with Gasteiger partial charge in [0.15, 0.2) is 0 Å². The Morgan fingerprint density at radius 2 is 1.87 bits per heavy atom. The fourth-order valence-electron chi connectivity index (χ4n) is 2.70. The smallest absolute Gasteiger partial charge is 0.147 e. The summed E-state index contributed by atoms with van der Waals surface area (Å²) in [5, 5.41) is 0.698. The van der Waals surface area contributed by atoms with E-state index in [0.717, 1.165) is 48.7 Å². The lowest BCUT2D eigenvalue weighted by Crippen LogP contribution is -2.48. The Morgan fingerprint density at radius 3 is 2.48 bits per heavy atom. The molecule has 0 bridgehead atoms. The molecule has 1 aliphatic rings. The van der Waals surface area contributed by atoms with Gasteiger partial charge in [0.1, 0.15) is 11.0 Å². The zero-order valence-corrected chi connectivity index (χ0v) is 14.7. The molecule has 23 heavy (non-hydrogen) atoms. The summed E-state index contributed by atoms with van der Waals surface area (Å²) in [7, 11) is 0. The SMILES string of the molecule is Cc1nc(N2CCC(C)(N)CC2)cnc1-c1cnc(Cl)c(Cl)c1. The first-order chi connectivity index (χ1) is 10.9. The number of rotatable bonds is 2. The van der Waals surface area contributed by atoms with Crippen LogP contribution in [-0.4, -0.2) is 33.6 Å². The molecule has 0 saturated carbocycles. The molecule has 0 radical (unpaired) electrons.